The van der Waals surface area contributed by atoms with Crippen LogP contribution in [-0.4, -0.2) is 47.6 Å². The van der Waals surface area contributed by atoms with Crippen LogP contribution in [0.1, 0.15) is 23.0 Å². The number of rotatable bonds is 4. The molecule has 152 valence electrons. The Balaban J connectivity index is 1.44. The fourth-order valence-electron chi connectivity index (χ4n) is 3.63. The van der Waals surface area contributed by atoms with Crippen molar-refractivity contribution in [2.45, 2.75) is 24.6 Å². The maximum absolute atomic E-state index is 12.7. The molecule has 1 aliphatic rings. The van der Waals surface area contributed by atoms with Gasteiger partial charge < -0.3 is 4.90 Å². The van der Waals surface area contributed by atoms with Crippen molar-refractivity contribution >= 4 is 38.0 Å². The Kier molecular flexibility index (Phi) is 5.51. The minimum Gasteiger partial charge on any atom is -0.342 e. The fourth-order valence-corrected chi connectivity index (χ4v) is 6.63. The molecule has 7 nitrogen and oxygen atoms in total. The van der Waals surface area contributed by atoms with E-state index in [1.165, 1.54) is 22.2 Å². The molecule has 0 aliphatic carbocycles. The highest BCUT2D eigenvalue weighted by Gasteiger charge is 2.33. The summed E-state index contributed by atoms with van der Waals surface area (Å²) in [4.78, 5) is 31.9. The van der Waals surface area contributed by atoms with Crippen molar-refractivity contribution in [3.8, 4) is 0 Å². The first-order valence-corrected chi connectivity index (χ1v) is 12.0. The van der Waals surface area contributed by atoms with Crippen LogP contribution in [0.4, 0.5) is 0 Å². The Morgan fingerprint density at radius 2 is 2.00 bits per heavy atom. The predicted octanol–water partition coefficient (Wildman–Crippen LogP) is 2.24. The van der Waals surface area contributed by atoms with Gasteiger partial charge in [0.1, 0.15) is 0 Å². The van der Waals surface area contributed by atoms with E-state index in [0.717, 1.165) is 4.88 Å². The third kappa shape index (κ3) is 4.11. The van der Waals surface area contributed by atoms with Crippen molar-refractivity contribution in [1.29, 1.82) is 0 Å². The third-order valence-corrected chi connectivity index (χ3v) is 8.50. The lowest BCUT2D eigenvalue weighted by molar-refractivity contribution is -0.131. The highest BCUT2D eigenvalue weighted by molar-refractivity contribution is 7.91. The molecule has 3 heterocycles. The number of fused-ring (bicyclic) bond motifs is 1. The number of para-hydroxylation sites is 1. The molecule has 0 spiro atoms. The topological polar surface area (TPSA) is 89.3 Å². The summed E-state index contributed by atoms with van der Waals surface area (Å²) in [6, 6.07) is 10.8. The second-order valence-electron chi connectivity index (χ2n) is 7.05. The summed E-state index contributed by atoms with van der Waals surface area (Å²) in [6.07, 6.45) is 1.98. The van der Waals surface area contributed by atoms with E-state index >= 15 is 0 Å². The van der Waals surface area contributed by atoms with Gasteiger partial charge in [-0.2, -0.15) is 0 Å². The number of amides is 1. The Morgan fingerprint density at radius 3 is 2.79 bits per heavy atom. The van der Waals surface area contributed by atoms with Crippen LogP contribution in [0, 0.1) is 0 Å². The first-order chi connectivity index (χ1) is 14.0. The first-order valence-electron chi connectivity index (χ1n) is 9.42. The maximum Gasteiger partial charge on any atom is 0.261 e. The molecule has 1 aromatic carbocycles. The van der Waals surface area contributed by atoms with Crippen LogP contribution in [0.15, 0.2) is 52.9 Å². The molecule has 1 fully saturated rings. The Morgan fingerprint density at radius 1 is 1.17 bits per heavy atom. The number of aryl methyl sites for hydroxylation is 1. The summed E-state index contributed by atoms with van der Waals surface area (Å²) < 4.78 is 26.7. The highest BCUT2D eigenvalue weighted by Crippen LogP contribution is 2.32. The lowest BCUT2D eigenvalue weighted by Gasteiger charge is -2.20. The van der Waals surface area contributed by atoms with Crippen LogP contribution >= 0.6 is 11.3 Å². The SMILES string of the molecule is O=C(CCn1cnc2ccccc2c1=O)N1CCC(c2cccs2)S(=O)(=O)CC1. The van der Waals surface area contributed by atoms with E-state index in [9.17, 15) is 18.0 Å². The van der Waals surface area contributed by atoms with Crippen molar-refractivity contribution < 1.29 is 13.2 Å². The summed E-state index contributed by atoms with van der Waals surface area (Å²) in [5, 5.41) is 1.84. The molecule has 29 heavy (non-hydrogen) atoms. The second-order valence-corrected chi connectivity index (χ2v) is 10.3. The van der Waals surface area contributed by atoms with Gasteiger partial charge in [0.05, 0.1) is 28.2 Å². The second kappa shape index (κ2) is 8.08. The predicted molar refractivity (Wildman–Crippen MR) is 113 cm³/mol. The average Bonchev–Trinajstić information content (AvgIpc) is 3.18. The molecule has 0 bridgehead atoms. The molecule has 1 saturated heterocycles. The van der Waals surface area contributed by atoms with Gasteiger partial charge in [0.25, 0.3) is 5.56 Å². The van der Waals surface area contributed by atoms with Gasteiger partial charge in [-0.3, -0.25) is 14.2 Å². The van der Waals surface area contributed by atoms with Crippen molar-refractivity contribution in [3.63, 3.8) is 0 Å². The van der Waals surface area contributed by atoms with E-state index in [1.54, 1.807) is 23.1 Å². The van der Waals surface area contributed by atoms with E-state index in [0.29, 0.717) is 23.9 Å². The molecule has 1 amide bonds. The number of hydrogen-bond donors (Lipinski definition) is 0. The van der Waals surface area contributed by atoms with Crippen molar-refractivity contribution in [3.05, 3.63) is 63.3 Å². The Bertz CT molecular complexity index is 1190. The molecule has 4 rings (SSSR count). The van der Waals surface area contributed by atoms with Crippen molar-refractivity contribution in [2.24, 2.45) is 0 Å². The quantitative estimate of drug-likeness (QED) is 0.632. The van der Waals surface area contributed by atoms with Crippen LogP contribution < -0.4 is 5.56 Å². The van der Waals surface area contributed by atoms with E-state index in [2.05, 4.69) is 4.98 Å². The lowest BCUT2D eigenvalue weighted by atomic mass is 10.2. The average molecular weight is 432 g/mol. The molecular formula is C20H21N3O4S2. The van der Waals surface area contributed by atoms with Gasteiger partial charge in [0, 0.05) is 30.9 Å². The van der Waals surface area contributed by atoms with Crippen LogP contribution in [0.25, 0.3) is 10.9 Å². The fraction of sp³-hybridized carbons (Fsp3) is 0.350. The van der Waals surface area contributed by atoms with Crippen molar-refractivity contribution in [1.82, 2.24) is 14.5 Å². The van der Waals surface area contributed by atoms with E-state index in [-0.39, 0.29) is 36.7 Å². The Labute approximate surface area is 172 Å². The third-order valence-electron chi connectivity index (χ3n) is 5.25. The number of nitrogens with zero attached hydrogens (tertiary/aromatic N) is 3. The number of carbonyl (C=O) groups excluding carboxylic acids is 1. The summed E-state index contributed by atoms with van der Waals surface area (Å²) in [6.45, 7) is 0.798. The molecule has 2 aromatic heterocycles. The molecule has 0 radical (unpaired) electrons. The molecule has 9 heteroatoms. The molecule has 1 aliphatic heterocycles. The van der Waals surface area contributed by atoms with Crippen LogP contribution in [0.2, 0.25) is 0 Å². The number of thiophene rings is 1. The Hall–Kier alpha value is -2.52. The normalized spacial score (nSPS) is 19.2. The monoisotopic (exact) mass is 431 g/mol. The van der Waals surface area contributed by atoms with Gasteiger partial charge in [-0.05, 0) is 30.0 Å². The van der Waals surface area contributed by atoms with Gasteiger partial charge in [0.2, 0.25) is 5.91 Å². The summed E-state index contributed by atoms with van der Waals surface area (Å²) in [7, 11) is -3.30. The zero-order chi connectivity index (χ0) is 20.4. The number of sulfone groups is 1. The minimum absolute atomic E-state index is 0.0429. The number of hydrogen-bond acceptors (Lipinski definition) is 6. The van der Waals surface area contributed by atoms with Gasteiger partial charge in [-0.25, -0.2) is 13.4 Å². The van der Waals surface area contributed by atoms with E-state index in [1.807, 2.05) is 23.6 Å². The zero-order valence-corrected chi connectivity index (χ0v) is 17.4. The smallest absolute Gasteiger partial charge is 0.261 e. The van der Waals surface area contributed by atoms with Crippen molar-refractivity contribution in [2.75, 3.05) is 18.8 Å². The zero-order valence-electron chi connectivity index (χ0n) is 15.7. The molecule has 1 atom stereocenters. The number of benzene rings is 1. The molecule has 0 saturated carbocycles. The van der Waals surface area contributed by atoms with E-state index < -0.39 is 15.1 Å². The van der Waals surface area contributed by atoms with Crippen LogP contribution in [-0.2, 0) is 21.2 Å². The lowest BCUT2D eigenvalue weighted by Crippen LogP contribution is -2.35. The molecular weight excluding hydrogens is 410 g/mol. The molecule has 0 N–H and O–H groups in total. The number of carbonyl (C=O) groups is 1. The summed E-state index contributed by atoms with van der Waals surface area (Å²) in [5.74, 6) is -0.189. The largest absolute Gasteiger partial charge is 0.342 e. The van der Waals surface area contributed by atoms with Crippen LogP contribution in [0.5, 0.6) is 0 Å². The summed E-state index contributed by atoms with van der Waals surface area (Å²) >= 11 is 1.43. The maximum atomic E-state index is 12.7. The minimum atomic E-state index is -3.30. The van der Waals surface area contributed by atoms with E-state index in [4.69, 9.17) is 0 Å². The molecule has 1 unspecified atom stereocenters. The van der Waals surface area contributed by atoms with Gasteiger partial charge in [0.15, 0.2) is 9.84 Å². The summed E-state index contributed by atoms with van der Waals surface area (Å²) in [5.41, 5.74) is 0.442. The number of aromatic nitrogens is 2. The van der Waals surface area contributed by atoms with Crippen LogP contribution in [0.3, 0.4) is 0 Å². The highest BCUT2D eigenvalue weighted by atomic mass is 32.2. The first kappa shape index (κ1) is 19.8. The standard InChI is InChI=1S/C20H21N3O4S2/c24-19(8-10-23-14-21-16-5-2-1-4-15(16)20(23)25)22-9-7-18(17-6-3-12-28-17)29(26,27)13-11-22/h1-6,12,14,18H,7-11,13H2. The van der Waals surface area contributed by atoms with Gasteiger partial charge in [-0.1, -0.05) is 18.2 Å². The molecule has 3 aromatic rings. The van der Waals surface area contributed by atoms with Gasteiger partial charge in [-0.15, -0.1) is 11.3 Å². The van der Waals surface area contributed by atoms with Gasteiger partial charge >= 0.3 is 0 Å².